The number of benzene rings is 1. The van der Waals surface area contributed by atoms with Gasteiger partial charge in [-0.1, -0.05) is 53.7 Å². The van der Waals surface area contributed by atoms with E-state index < -0.39 is 0 Å². The van der Waals surface area contributed by atoms with Crippen molar-refractivity contribution in [3.63, 3.8) is 0 Å². The van der Waals surface area contributed by atoms with Gasteiger partial charge in [0.1, 0.15) is 11.0 Å². The first-order chi connectivity index (χ1) is 8.65. The monoisotopic (exact) mass is 279 g/mol. The molecule has 5 heteroatoms. The van der Waals surface area contributed by atoms with Crippen molar-refractivity contribution in [1.82, 2.24) is 9.97 Å². The van der Waals surface area contributed by atoms with Crippen LogP contribution in [0.15, 0.2) is 41.6 Å². The summed E-state index contributed by atoms with van der Waals surface area (Å²) < 4.78 is 0. The third-order valence-corrected chi connectivity index (χ3v) is 3.44. The van der Waals surface area contributed by atoms with Gasteiger partial charge in [0.2, 0.25) is 0 Å². The zero-order valence-electron chi connectivity index (χ0n) is 10.3. The van der Waals surface area contributed by atoms with Crippen molar-refractivity contribution in [3.8, 4) is 0 Å². The van der Waals surface area contributed by atoms with Crippen LogP contribution in [-0.4, -0.2) is 24.1 Å². The number of hydrogen-bond donors (Lipinski definition) is 0. The summed E-state index contributed by atoms with van der Waals surface area (Å²) in [4.78, 5) is 10.6. The molecule has 1 aromatic heterocycles. The molecule has 0 amide bonds. The SMILES string of the molecule is CN(C)c1cc(Cl)nc(SCc2ccccc2)n1. The molecule has 0 atom stereocenters. The second-order valence-electron chi connectivity index (χ2n) is 4.00. The molecule has 0 N–H and O–H groups in total. The zero-order chi connectivity index (χ0) is 13.0. The van der Waals surface area contributed by atoms with Crippen LogP contribution in [0, 0.1) is 0 Å². The van der Waals surface area contributed by atoms with Crippen LogP contribution in [0.2, 0.25) is 5.15 Å². The smallest absolute Gasteiger partial charge is 0.191 e. The number of hydrogen-bond acceptors (Lipinski definition) is 4. The molecule has 0 aliphatic rings. The molecule has 1 aromatic carbocycles. The second-order valence-corrected chi connectivity index (χ2v) is 5.33. The van der Waals surface area contributed by atoms with Crippen molar-refractivity contribution in [1.29, 1.82) is 0 Å². The van der Waals surface area contributed by atoms with Crippen molar-refractivity contribution in [2.75, 3.05) is 19.0 Å². The van der Waals surface area contributed by atoms with Crippen LogP contribution in [0.1, 0.15) is 5.56 Å². The van der Waals surface area contributed by atoms with E-state index >= 15 is 0 Å². The predicted octanol–water partition coefficient (Wildman–Crippen LogP) is 3.49. The predicted molar refractivity (Wildman–Crippen MR) is 77.4 cm³/mol. The van der Waals surface area contributed by atoms with Gasteiger partial charge in [-0.25, -0.2) is 9.97 Å². The van der Waals surface area contributed by atoms with Crippen LogP contribution >= 0.6 is 23.4 Å². The number of anilines is 1. The van der Waals surface area contributed by atoms with Crippen LogP contribution in [-0.2, 0) is 5.75 Å². The highest BCUT2D eigenvalue weighted by atomic mass is 35.5. The highest BCUT2D eigenvalue weighted by Crippen LogP contribution is 2.23. The van der Waals surface area contributed by atoms with Gasteiger partial charge in [0.05, 0.1) is 0 Å². The molecule has 18 heavy (non-hydrogen) atoms. The Morgan fingerprint density at radius 1 is 1.17 bits per heavy atom. The Kier molecular flexibility index (Phi) is 4.44. The summed E-state index contributed by atoms with van der Waals surface area (Å²) in [6.45, 7) is 0. The summed E-state index contributed by atoms with van der Waals surface area (Å²) in [5, 5.41) is 1.18. The minimum absolute atomic E-state index is 0.476. The highest BCUT2D eigenvalue weighted by molar-refractivity contribution is 7.98. The third kappa shape index (κ3) is 3.62. The number of thioether (sulfide) groups is 1. The summed E-state index contributed by atoms with van der Waals surface area (Å²) >= 11 is 7.57. The minimum atomic E-state index is 0.476. The Balaban J connectivity index is 2.10. The van der Waals surface area contributed by atoms with Crippen molar-refractivity contribution in [3.05, 3.63) is 47.1 Å². The molecule has 1 heterocycles. The maximum atomic E-state index is 5.98. The van der Waals surface area contributed by atoms with Crippen LogP contribution < -0.4 is 4.90 Å². The second kappa shape index (κ2) is 6.07. The number of nitrogens with zero attached hydrogens (tertiary/aromatic N) is 3. The molecule has 0 saturated heterocycles. The molecule has 94 valence electrons. The topological polar surface area (TPSA) is 29.0 Å². The largest absolute Gasteiger partial charge is 0.363 e. The minimum Gasteiger partial charge on any atom is -0.363 e. The van der Waals surface area contributed by atoms with Gasteiger partial charge in [0.25, 0.3) is 0 Å². The Bertz CT molecular complexity index is 517. The van der Waals surface area contributed by atoms with E-state index in [4.69, 9.17) is 11.6 Å². The zero-order valence-corrected chi connectivity index (χ0v) is 11.9. The van der Waals surface area contributed by atoms with Gasteiger partial charge < -0.3 is 4.90 Å². The standard InChI is InChI=1S/C13H14ClN3S/c1-17(2)12-8-11(14)15-13(16-12)18-9-10-6-4-3-5-7-10/h3-8H,9H2,1-2H3. The van der Waals surface area contributed by atoms with Gasteiger partial charge in [-0.2, -0.15) is 0 Å². The Morgan fingerprint density at radius 2 is 1.89 bits per heavy atom. The highest BCUT2D eigenvalue weighted by Gasteiger charge is 2.05. The summed E-state index contributed by atoms with van der Waals surface area (Å²) in [6, 6.07) is 12.0. The van der Waals surface area contributed by atoms with Crippen LogP contribution in [0.25, 0.3) is 0 Å². The Morgan fingerprint density at radius 3 is 2.56 bits per heavy atom. The molecule has 0 unspecified atom stereocenters. The van der Waals surface area contributed by atoms with Gasteiger partial charge in [0.15, 0.2) is 5.16 Å². The fourth-order valence-corrected chi connectivity index (χ4v) is 2.44. The lowest BCUT2D eigenvalue weighted by molar-refractivity contribution is 0.928. The van der Waals surface area contributed by atoms with E-state index in [9.17, 15) is 0 Å². The average Bonchev–Trinajstić information content (AvgIpc) is 2.37. The normalized spacial score (nSPS) is 10.4. The molecule has 2 rings (SSSR count). The van der Waals surface area contributed by atoms with E-state index in [0.29, 0.717) is 10.3 Å². The molecule has 0 aliphatic heterocycles. The van der Waals surface area contributed by atoms with E-state index in [0.717, 1.165) is 11.6 Å². The van der Waals surface area contributed by atoms with Gasteiger partial charge >= 0.3 is 0 Å². The lowest BCUT2D eigenvalue weighted by Gasteiger charge is -2.12. The van der Waals surface area contributed by atoms with Crippen LogP contribution in [0.3, 0.4) is 0 Å². The average molecular weight is 280 g/mol. The molecule has 0 aliphatic carbocycles. The number of aromatic nitrogens is 2. The lowest BCUT2D eigenvalue weighted by Crippen LogP contribution is -2.11. The number of rotatable bonds is 4. The maximum Gasteiger partial charge on any atom is 0.191 e. The van der Waals surface area contributed by atoms with E-state index in [2.05, 4.69) is 22.1 Å². The summed E-state index contributed by atoms with van der Waals surface area (Å²) in [6.07, 6.45) is 0. The first kappa shape index (κ1) is 13.2. The summed E-state index contributed by atoms with van der Waals surface area (Å²) in [5.41, 5.74) is 1.25. The van der Waals surface area contributed by atoms with E-state index in [1.807, 2.05) is 37.2 Å². The maximum absolute atomic E-state index is 5.98. The lowest BCUT2D eigenvalue weighted by atomic mass is 10.2. The Labute approximate surface area is 116 Å². The van der Waals surface area contributed by atoms with Crippen LogP contribution in [0.4, 0.5) is 5.82 Å². The molecule has 0 fully saturated rings. The van der Waals surface area contributed by atoms with E-state index in [1.165, 1.54) is 5.56 Å². The molecule has 0 radical (unpaired) electrons. The molecule has 0 spiro atoms. The molecule has 2 aromatic rings. The van der Waals surface area contributed by atoms with Gasteiger partial charge in [-0.15, -0.1) is 0 Å². The first-order valence-corrected chi connectivity index (χ1v) is 6.90. The van der Waals surface area contributed by atoms with Gasteiger partial charge in [-0.3, -0.25) is 0 Å². The molecular formula is C13H14ClN3S. The third-order valence-electron chi connectivity index (χ3n) is 2.33. The van der Waals surface area contributed by atoms with Gasteiger partial charge in [-0.05, 0) is 5.56 Å². The number of halogens is 1. The first-order valence-electron chi connectivity index (χ1n) is 5.54. The van der Waals surface area contributed by atoms with Crippen LogP contribution in [0.5, 0.6) is 0 Å². The van der Waals surface area contributed by atoms with Crippen molar-refractivity contribution >= 4 is 29.2 Å². The van der Waals surface area contributed by atoms with Crippen molar-refractivity contribution in [2.45, 2.75) is 10.9 Å². The fraction of sp³-hybridized carbons (Fsp3) is 0.231. The Hall–Kier alpha value is -1.26. The van der Waals surface area contributed by atoms with Crippen molar-refractivity contribution < 1.29 is 0 Å². The molecular weight excluding hydrogens is 266 g/mol. The van der Waals surface area contributed by atoms with Crippen molar-refractivity contribution in [2.24, 2.45) is 0 Å². The van der Waals surface area contributed by atoms with E-state index in [1.54, 1.807) is 17.8 Å². The van der Waals surface area contributed by atoms with E-state index in [-0.39, 0.29) is 0 Å². The molecule has 0 bridgehead atoms. The quantitative estimate of drug-likeness (QED) is 0.487. The molecule has 3 nitrogen and oxygen atoms in total. The fourth-order valence-electron chi connectivity index (χ4n) is 1.40. The summed E-state index contributed by atoms with van der Waals surface area (Å²) in [7, 11) is 3.87. The summed E-state index contributed by atoms with van der Waals surface area (Å²) in [5.74, 6) is 1.67. The van der Waals surface area contributed by atoms with Gasteiger partial charge in [0, 0.05) is 25.9 Å². The molecule has 0 saturated carbocycles.